The Balaban J connectivity index is -0.000000333. The monoisotopic (exact) mass is 258 g/mol. The number of hydrogen-bond acceptors (Lipinski definition) is 1. The van der Waals surface area contributed by atoms with Crippen molar-refractivity contribution in [1.82, 2.24) is 0 Å². The normalized spacial score (nSPS) is 7.67. The molecule has 0 saturated carbocycles. The van der Waals surface area contributed by atoms with Crippen molar-refractivity contribution in [1.29, 1.82) is 0 Å². The molecule has 12 heavy (non-hydrogen) atoms. The molecule has 4 heteroatoms. The van der Waals surface area contributed by atoms with E-state index in [1.165, 1.54) is 0 Å². The summed E-state index contributed by atoms with van der Waals surface area (Å²) in [5.74, 6) is -0.786. The molecule has 0 radical (unpaired) electrons. The summed E-state index contributed by atoms with van der Waals surface area (Å²) in [4.78, 5) is 10.2. The van der Waals surface area contributed by atoms with Gasteiger partial charge in [0.15, 0.2) is 0 Å². The second kappa shape index (κ2) is 8.44. The molecular weight excluding hydrogens is 246 g/mol. The van der Waals surface area contributed by atoms with Crippen LogP contribution in [0.25, 0.3) is 0 Å². The molecule has 0 fully saturated rings. The van der Waals surface area contributed by atoms with Gasteiger partial charge in [-0.05, 0) is 5.56 Å². The van der Waals surface area contributed by atoms with E-state index < -0.39 is 5.97 Å². The Labute approximate surface area is 126 Å². The van der Waals surface area contributed by atoms with E-state index in [1.807, 2.05) is 18.2 Å². The first-order valence-electron chi connectivity index (χ1n) is 3.05. The van der Waals surface area contributed by atoms with Crippen molar-refractivity contribution < 1.29 is 62.7 Å². The Morgan fingerprint density at radius 3 is 2.25 bits per heavy atom. The van der Waals surface area contributed by atoms with Gasteiger partial charge in [0.25, 0.3) is 0 Å². The van der Waals surface area contributed by atoms with Gasteiger partial charge in [-0.15, -0.1) is 0 Å². The van der Waals surface area contributed by atoms with Crippen molar-refractivity contribution in [2.45, 2.75) is 6.42 Å². The first-order chi connectivity index (χ1) is 4.79. The van der Waals surface area contributed by atoms with Gasteiger partial charge < -0.3 is 6.53 Å². The Bertz CT molecular complexity index is 231. The minimum absolute atomic E-state index is 0. The maximum atomic E-state index is 10.2. The van der Waals surface area contributed by atoms with E-state index in [9.17, 15) is 4.79 Å². The van der Waals surface area contributed by atoms with Crippen LogP contribution in [-0.4, -0.2) is 28.1 Å². The molecule has 0 bridgehead atoms. The van der Waals surface area contributed by atoms with Gasteiger partial charge in [0, 0.05) is 0 Å². The third-order valence-electron chi connectivity index (χ3n) is 1.20. The van der Waals surface area contributed by atoms with Crippen molar-refractivity contribution in [3.8, 4) is 0 Å². The van der Waals surface area contributed by atoms with Crippen LogP contribution in [0, 0.1) is 0 Å². The number of carboxylic acids is 1. The van der Waals surface area contributed by atoms with Gasteiger partial charge in [-0.1, -0.05) is 30.3 Å². The number of carboxylic acid groups (broad SMARTS) is 1. The van der Waals surface area contributed by atoms with Crippen molar-refractivity contribution in [3.05, 3.63) is 35.9 Å². The van der Waals surface area contributed by atoms with Gasteiger partial charge in [0.05, 0.1) is 6.42 Å². The molecule has 0 aliphatic heterocycles. The van der Waals surface area contributed by atoms with E-state index in [-0.39, 0.29) is 76.3 Å². The number of carbonyl (C=O) groups is 1. The van der Waals surface area contributed by atoms with Gasteiger partial charge >= 0.3 is 74.4 Å². The summed E-state index contributed by atoms with van der Waals surface area (Å²) in [5.41, 5.74) is 0.843. The Morgan fingerprint density at radius 1 is 1.33 bits per heavy atom. The van der Waals surface area contributed by atoms with Crippen molar-refractivity contribution in [2.24, 2.45) is 0 Å². The van der Waals surface area contributed by atoms with Crippen LogP contribution in [0.3, 0.4) is 0 Å². The van der Waals surface area contributed by atoms with E-state index in [0.717, 1.165) is 5.56 Å². The summed E-state index contributed by atoms with van der Waals surface area (Å²) < 4.78 is 0. The van der Waals surface area contributed by atoms with Crippen LogP contribution >= 0.6 is 0 Å². The second-order valence-corrected chi connectivity index (χ2v) is 2.06. The molecule has 0 heterocycles. The van der Waals surface area contributed by atoms with Gasteiger partial charge in [0.2, 0.25) is 0 Å². The van der Waals surface area contributed by atoms with Gasteiger partial charge in [0.1, 0.15) is 0 Å². The van der Waals surface area contributed by atoms with Crippen molar-refractivity contribution >= 4 is 23.0 Å². The molecule has 1 N–H and O–H groups in total. The van der Waals surface area contributed by atoms with Gasteiger partial charge in [-0.2, -0.15) is 0 Å². The summed E-state index contributed by atoms with van der Waals surface area (Å²) in [7, 11) is 0. The van der Waals surface area contributed by atoms with Crippen molar-refractivity contribution in [3.63, 3.8) is 0 Å². The van der Waals surface area contributed by atoms with Crippen LogP contribution in [0.2, 0.25) is 0 Å². The number of hydrogen-bond donors (Lipinski definition) is 1. The molecule has 1 aromatic rings. The number of rotatable bonds is 2. The van der Waals surface area contributed by atoms with E-state index in [4.69, 9.17) is 5.11 Å². The molecule has 0 saturated heterocycles. The predicted octanol–water partition coefficient (Wildman–Crippen LogP) is -2.49. The minimum atomic E-state index is -0.786. The van der Waals surface area contributed by atoms with E-state index in [0.29, 0.717) is 0 Å². The molecular formula is C8H11KO2Se. The summed E-state index contributed by atoms with van der Waals surface area (Å²) >= 11 is 0. The molecule has 0 spiro atoms. The summed E-state index contributed by atoms with van der Waals surface area (Å²) in [6, 6.07) is 9.13. The Kier molecular flexibility index (Phi) is 10.8. The van der Waals surface area contributed by atoms with Crippen LogP contribution in [0.5, 0.6) is 0 Å². The molecule has 1 aromatic carbocycles. The van der Waals surface area contributed by atoms with Crippen LogP contribution in [0.4, 0.5) is 0 Å². The van der Waals surface area contributed by atoms with E-state index in [1.54, 1.807) is 12.1 Å². The molecule has 0 aliphatic rings. The predicted molar refractivity (Wildman–Crippen MR) is 47.4 cm³/mol. The topological polar surface area (TPSA) is 37.3 Å². The van der Waals surface area contributed by atoms with Crippen LogP contribution < -0.4 is 51.4 Å². The van der Waals surface area contributed by atoms with Gasteiger partial charge in [-0.25, -0.2) is 0 Å². The average Bonchev–Trinajstić information content (AvgIpc) is 1.88. The average molecular weight is 257 g/mol. The molecule has 62 valence electrons. The zero-order valence-corrected chi connectivity index (χ0v) is 12.2. The first kappa shape index (κ1) is 15.3. The summed E-state index contributed by atoms with van der Waals surface area (Å²) in [6.07, 6.45) is 0.112. The first-order valence-corrected chi connectivity index (χ1v) is 3.05. The zero-order chi connectivity index (χ0) is 7.40. The Hall–Kier alpha value is 0.846. The van der Waals surface area contributed by atoms with Crippen LogP contribution in [0.1, 0.15) is 6.99 Å². The molecule has 0 unspecified atom stereocenters. The molecule has 0 atom stereocenters. The molecule has 0 amide bonds. The fraction of sp³-hybridized carbons (Fsp3) is 0.125. The standard InChI is InChI=1S/C8H8O2.K.H2Se.H/c9-8(10)6-7-4-2-1-3-5-7;;;/h1-5H,6H2,(H,9,10);;1H2;/q;+1;;-1. The van der Waals surface area contributed by atoms with Gasteiger partial charge in [-0.3, -0.25) is 4.79 Å². The number of benzene rings is 1. The maximum absolute atomic E-state index is 10.2. The fourth-order valence-corrected chi connectivity index (χ4v) is 0.770. The molecule has 0 aromatic heterocycles. The summed E-state index contributed by atoms with van der Waals surface area (Å²) in [6.45, 7) is 0. The van der Waals surface area contributed by atoms with E-state index in [2.05, 4.69) is 0 Å². The molecule has 1 rings (SSSR count). The van der Waals surface area contributed by atoms with Crippen LogP contribution in [0.15, 0.2) is 30.3 Å². The third kappa shape index (κ3) is 6.37. The third-order valence-corrected chi connectivity index (χ3v) is 1.20. The zero-order valence-electron chi connectivity index (χ0n) is 7.95. The molecule has 0 aliphatic carbocycles. The molecule has 2 nitrogen and oxygen atoms in total. The fourth-order valence-electron chi connectivity index (χ4n) is 0.770. The van der Waals surface area contributed by atoms with Crippen molar-refractivity contribution in [2.75, 3.05) is 0 Å². The quantitative estimate of drug-likeness (QED) is 0.595. The van der Waals surface area contributed by atoms with E-state index >= 15 is 0 Å². The SMILES string of the molecule is O=C(O)Cc1ccccc1.[H-].[K+].[SeH2]. The number of aliphatic carboxylic acids is 1. The second-order valence-electron chi connectivity index (χ2n) is 2.06. The summed E-state index contributed by atoms with van der Waals surface area (Å²) in [5, 5.41) is 8.37. The van der Waals surface area contributed by atoms with Crippen LogP contribution in [-0.2, 0) is 11.2 Å². The Morgan fingerprint density at radius 2 is 1.83 bits per heavy atom.